The first kappa shape index (κ1) is 18.9. The van der Waals surface area contributed by atoms with Crippen LogP contribution in [-0.2, 0) is 11.0 Å². The molecule has 0 bridgehead atoms. The summed E-state index contributed by atoms with van der Waals surface area (Å²) in [6.07, 6.45) is -2.22. The minimum absolute atomic E-state index is 0.0506. The third kappa shape index (κ3) is 3.93. The second-order valence-electron chi connectivity index (χ2n) is 6.52. The van der Waals surface area contributed by atoms with Crippen molar-refractivity contribution in [2.45, 2.75) is 32.0 Å². The second kappa shape index (κ2) is 7.01. The van der Waals surface area contributed by atoms with Gasteiger partial charge in [0.1, 0.15) is 0 Å². The van der Waals surface area contributed by atoms with Gasteiger partial charge in [-0.25, -0.2) is 4.68 Å². The van der Waals surface area contributed by atoms with E-state index in [0.717, 1.165) is 16.8 Å². The average molecular weight is 382 g/mol. The highest BCUT2D eigenvalue weighted by atomic mass is 19.4. The molecule has 1 N–H and O–H groups in total. The number of carbonyl (C=O) groups is 2. The Kier molecular flexibility index (Phi) is 4.90. The van der Waals surface area contributed by atoms with Crippen LogP contribution in [0, 0.1) is 5.92 Å². The van der Waals surface area contributed by atoms with Crippen molar-refractivity contribution in [3.8, 4) is 5.69 Å². The summed E-state index contributed by atoms with van der Waals surface area (Å²) in [5, 5.41) is 16.7. The summed E-state index contributed by atoms with van der Waals surface area (Å²) in [6, 6.07) is 4.35. The molecule has 1 saturated heterocycles. The highest BCUT2D eigenvalue weighted by molar-refractivity contribution is 5.92. The van der Waals surface area contributed by atoms with Crippen LogP contribution in [0.2, 0.25) is 0 Å². The first-order valence-electron chi connectivity index (χ1n) is 8.30. The lowest BCUT2D eigenvalue weighted by Crippen LogP contribution is -2.47. The lowest BCUT2D eigenvalue weighted by atomic mass is 9.93. The van der Waals surface area contributed by atoms with Crippen LogP contribution in [0.4, 0.5) is 13.2 Å². The molecule has 1 fully saturated rings. The second-order valence-corrected chi connectivity index (χ2v) is 6.52. The minimum atomic E-state index is -4.50. The third-order valence-electron chi connectivity index (χ3n) is 4.64. The first-order chi connectivity index (χ1) is 12.7. The summed E-state index contributed by atoms with van der Waals surface area (Å²) in [6.45, 7) is 1.87. The van der Waals surface area contributed by atoms with Gasteiger partial charge in [0, 0.05) is 12.6 Å². The quantitative estimate of drug-likeness (QED) is 0.882. The van der Waals surface area contributed by atoms with E-state index in [2.05, 4.69) is 10.3 Å². The van der Waals surface area contributed by atoms with E-state index in [-0.39, 0.29) is 24.0 Å². The highest BCUT2D eigenvalue weighted by Gasteiger charge is 2.34. The summed E-state index contributed by atoms with van der Waals surface area (Å²) in [7, 11) is 0. The molecule has 1 aliphatic heterocycles. The van der Waals surface area contributed by atoms with E-state index in [1.165, 1.54) is 23.2 Å². The van der Waals surface area contributed by atoms with E-state index < -0.39 is 29.5 Å². The number of alkyl halides is 3. The van der Waals surface area contributed by atoms with Crippen molar-refractivity contribution >= 4 is 11.9 Å². The number of halogens is 3. The molecule has 7 nitrogen and oxygen atoms in total. The highest BCUT2D eigenvalue weighted by Crippen LogP contribution is 2.30. The summed E-state index contributed by atoms with van der Waals surface area (Å²) < 4.78 is 39.6. The Labute approximate surface area is 152 Å². The van der Waals surface area contributed by atoms with Crippen LogP contribution >= 0.6 is 0 Å². The molecule has 1 amide bonds. The standard InChI is InChI=1S/C17H17F3N4O3/c1-10-5-6-11(16(26)27)8-23(10)15(25)14-9-24(22-21-14)13-4-2-3-12(7-13)17(18,19)20/h2-4,7,9-11H,5-6,8H2,1H3,(H,26,27). The van der Waals surface area contributed by atoms with Crippen molar-refractivity contribution in [1.29, 1.82) is 0 Å². The summed E-state index contributed by atoms with van der Waals surface area (Å²) in [5.74, 6) is -2.11. The van der Waals surface area contributed by atoms with Gasteiger partial charge in [0.05, 0.1) is 23.4 Å². The average Bonchev–Trinajstić information content (AvgIpc) is 3.11. The number of nitrogens with zero attached hydrogens (tertiary/aromatic N) is 4. The minimum Gasteiger partial charge on any atom is -0.481 e. The van der Waals surface area contributed by atoms with Crippen molar-refractivity contribution in [2.24, 2.45) is 5.92 Å². The van der Waals surface area contributed by atoms with Crippen LogP contribution in [0.3, 0.4) is 0 Å². The SMILES string of the molecule is CC1CCC(C(=O)O)CN1C(=O)c1cn(-c2cccc(C(F)(F)F)c2)nn1. The maximum Gasteiger partial charge on any atom is 0.416 e. The first-order valence-corrected chi connectivity index (χ1v) is 8.30. The van der Waals surface area contributed by atoms with Gasteiger partial charge in [-0.05, 0) is 38.0 Å². The predicted octanol–water partition coefficient (Wildman–Crippen LogP) is 2.61. The zero-order valence-corrected chi connectivity index (χ0v) is 14.3. The Morgan fingerprint density at radius 3 is 2.67 bits per heavy atom. The number of likely N-dealkylation sites (tertiary alicyclic amines) is 1. The van der Waals surface area contributed by atoms with Crippen LogP contribution in [0.1, 0.15) is 35.8 Å². The lowest BCUT2D eigenvalue weighted by Gasteiger charge is -2.35. The van der Waals surface area contributed by atoms with Crippen molar-refractivity contribution in [3.63, 3.8) is 0 Å². The van der Waals surface area contributed by atoms with Crippen LogP contribution < -0.4 is 0 Å². The monoisotopic (exact) mass is 382 g/mol. The van der Waals surface area contributed by atoms with Crippen LogP contribution in [0.25, 0.3) is 5.69 Å². The number of rotatable bonds is 3. The lowest BCUT2D eigenvalue weighted by molar-refractivity contribution is -0.143. The number of benzene rings is 1. The Morgan fingerprint density at radius 2 is 2.00 bits per heavy atom. The normalized spacial score (nSPS) is 20.5. The summed E-state index contributed by atoms with van der Waals surface area (Å²) in [4.78, 5) is 25.3. The van der Waals surface area contributed by atoms with Gasteiger partial charge in [-0.3, -0.25) is 9.59 Å². The van der Waals surface area contributed by atoms with Crippen LogP contribution in [0.5, 0.6) is 0 Å². The predicted molar refractivity (Wildman–Crippen MR) is 87.2 cm³/mol. The molecule has 2 heterocycles. The largest absolute Gasteiger partial charge is 0.481 e. The topological polar surface area (TPSA) is 88.3 Å². The van der Waals surface area contributed by atoms with Gasteiger partial charge in [-0.1, -0.05) is 11.3 Å². The molecule has 10 heteroatoms. The third-order valence-corrected chi connectivity index (χ3v) is 4.64. The number of carboxylic acid groups (broad SMARTS) is 1. The number of hydrogen-bond acceptors (Lipinski definition) is 4. The van der Waals surface area contributed by atoms with E-state index in [4.69, 9.17) is 0 Å². The number of amides is 1. The fraction of sp³-hybridized carbons (Fsp3) is 0.412. The van der Waals surface area contributed by atoms with Gasteiger partial charge in [-0.15, -0.1) is 5.10 Å². The van der Waals surface area contributed by atoms with E-state index in [1.54, 1.807) is 0 Å². The molecule has 3 rings (SSSR count). The Balaban J connectivity index is 1.83. The van der Waals surface area contributed by atoms with Gasteiger partial charge < -0.3 is 10.0 Å². The molecular formula is C17H17F3N4O3. The molecule has 0 radical (unpaired) electrons. The molecule has 1 aromatic heterocycles. The van der Waals surface area contributed by atoms with E-state index in [9.17, 15) is 27.9 Å². The van der Waals surface area contributed by atoms with Gasteiger partial charge in [0.15, 0.2) is 5.69 Å². The van der Waals surface area contributed by atoms with Crippen molar-refractivity contribution < 1.29 is 27.9 Å². The molecule has 2 aromatic rings. The number of aromatic nitrogens is 3. The van der Waals surface area contributed by atoms with Crippen molar-refractivity contribution in [3.05, 3.63) is 41.7 Å². The van der Waals surface area contributed by atoms with E-state index in [0.29, 0.717) is 12.8 Å². The van der Waals surface area contributed by atoms with Crippen molar-refractivity contribution in [2.75, 3.05) is 6.54 Å². The Bertz CT molecular complexity index is 865. The number of aliphatic carboxylic acids is 1. The zero-order valence-electron chi connectivity index (χ0n) is 14.3. The van der Waals surface area contributed by atoms with Gasteiger partial charge in [0.25, 0.3) is 5.91 Å². The van der Waals surface area contributed by atoms with E-state index in [1.807, 2.05) is 6.92 Å². The van der Waals surface area contributed by atoms with Gasteiger partial charge in [-0.2, -0.15) is 13.2 Å². The molecule has 0 saturated carbocycles. The number of piperidine rings is 1. The Hall–Kier alpha value is -2.91. The van der Waals surface area contributed by atoms with Gasteiger partial charge in [0.2, 0.25) is 0 Å². The molecule has 144 valence electrons. The smallest absolute Gasteiger partial charge is 0.416 e. The summed E-state index contributed by atoms with van der Waals surface area (Å²) >= 11 is 0. The fourth-order valence-electron chi connectivity index (χ4n) is 3.05. The number of carboxylic acids is 1. The molecule has 2 unspecified atom stereocenters. The fourth-order valence-corrected chi connectivity index (χ4v) is 3.05. The van der Waals surface area contributed by atoms with Gasteiger partial charge >= 0.3 is 12.1 Å². The van der Waals surface area contributed by atoms with Crippen LogP contribution in [-0.4, -0.2) is 49.5 Å². The molecule has 0 spiro atoms. The van der Waals surface area contributed by atoms with E-state index >= 15 is 0 Å². The molecule has 1 aromatic carbocycles. The number of carbonyl (C=O) groups excluding carboxylic acids is 1. The molecule has 1 aliphatic rings. The number of hydrogen-bond donors (Lipinski definition) is 1. The molecular weight excluding hydrogens is 365 g/mol. The maximum absolute atomic E-state index is 12.9. The summed E-state index contributed by atoms with van der Waals surface area (Å²) in [5.41, 5.74) is -0.769. The van der Waals surface area contributed by atoms with Crippen molar-refractivity contribution in [1.82, 2.24) is 19.9 Å². The van der Waals surface area contributed by atoms with Crippen LogP contribution in [0.15, 0.2) is 30.5 Å². The molecule has 27 heavy (non-hydrogen) atoms. The Morgan fingerprint density at radius 1 is 1.26 bits per heavy atom. The molecule has 2 atom stereocenters. The maximum atomic E-state index is 12.9. The molecule has 0 aliphatic carbocycles. The zero-order chi connectivity index (χ0) is 19.8.